The predicted octanol–water partition coefficient (Wildman–Crippen LogP) is 0.203. The van der Waals surface area contributed by atoms with Gasteiger partial charge in [-0.25, -0.2) is 0 Å². The molecule has 0 aromatic carbocycles. The van der Waals surface area contributed by atoms with Crippen LogP contribution in [0.5, 0.6) is 0 Å². The van der Waals surface area contributed by atoms with Crippen LogP contribution in [-0.2, 0) is 14.4 Å². The van der Waals surface area contributed by atoms with E-state index >= 15 is 0 Å². The highest BCUT2D eigenvalue weighted by atomic mass is 16.2. The predicted molar refractivity (Wildman–Crippen MR) is 73.1 cm³/mol. The van der Waals surface area contributed by atoms with E-state index in [-0.39, 0.29) is 18.2 Å². The molecule has 6 heteroatoms. The molecule has 2 saturated heterocycles. The van der Waals surface area contributed by atoms with Crippen LogP contribution in [0.4, 0.5) is 0 Å². The summed E-state index contributed by atoms with van der Waals surface area (Å²) in [6.07, 6.45) is 3.01. The quantitative estimate of drug-likeness (QED) is 0.557. The van der Waals surface area contributed by atoms with Crippen LogP contribution < -0.4 is 11.1 Å². The number of nitrogens with two attached hydrogens (primary N) is 1. The summed E-state index contributed by atoms with van der Waals surface area (Å²) in [6.45, 7) is 4.04. The molecule has 0 saturated carbocycles. The number of hydrogen-bond donors (Lipinski definition) is 2. The number of carbonyl (C=O) groups excluding carboxylic acids is 3. The first-order valence-electron chi connectivity index (χ1n) is 6.78. The molecule has 108 valence electrons. The lowest BCUT2D eigenvalue weighted by Crippen LogP contribution is -2.52. The van der Waals surface area contributed by atoms with Crippen LogP contribution in [0, 0.1) is 0 Å². The number of amides is 3. The molecule has 20 heavy (non-hydrogen) atoms. The number of imide groups is 1. The van der Waals surface area contributed by atoms with Gasteiger partial charge in [0.05, 0.1) is 0 Å². The van der Waals surface area contributed by atoms with E-state index in [1.54, 1.807) is 13.0 Å². The Bertz CT molecular complexity index is 534. The van der Waals surface area contributed by atoms with Crippen molar-refractivity contribution in [2.75, 3.05) is 6.54 Å². The highest BCUT2D eigenvalue weighted by Gasteiger charge is 2.40. The first kappa shape index (κ1) is 14.3. The van der Waals surface area contributed by atoms with Gasteiger partial charge in [-0.3, -0.25) is 19.7 Å². The zero-order valence-electron chi connectivity index (χ0n) is 11.7. The topological polar surface area (TPSA) is 92.5 Å². The standard InChI is InChI=1S/C14H19N3O3/c1-3-8-9(10(15)4-2)7-17(14(8)20)11-5-6-12(18)16-13(11)19/h3,11H,4-7,15H2,1-2H3,(H,16,18,19)/b8-3+,10-9+. The SMILES string of the molecule is C/C=C1/C(=O)N(C2CCC(=O)NC2=O)C/C1=C(\N)CC. The van der Waals surface area contributed by atoms with Crippen LogP contribution in [0.3, 0.4) is 0 Å². The summed E-state index contributed by atoms with van der Waals surface area (Å²) in [7, 11) is 0. The number of carbonyl (C=O) groups is 3. The second-order valence-electron chi connectivity index (χ2n) is 4.96. The Kier molecular flexibility index (Phi) is 3.92. The molecule has 0 aromatic rings. The average Bonchev–Trinajstić information content (AvgIpc) is 2.75. The third kappa shape index (κ3) is 2.33. The molecule has 3 N–H and O–H groups in total. The normalized spacial score (nSPS) is 28.1. The number of likely N-dealkylation sites (tertiary alicyclic amines) is 1. The summed E-state index contributed by atoms with van der Waals surface area (Å²) >= 11 is 0. The van der Waals surface area contributed by atoms with Crippen molar-refractivity contribution < 1.29 is 14.4 Å². The van der Waals surface area contributed by atoms with Gasteiger partial charge in [0.2, 0.25) is 11.8 Å². The van der Waals surface area contributed by atoms with E-state index in [0.717, 1.165) is 5.57 Å². The molecule has 3 amide bonds. The van der Waals surface area contributed by atoms with Gasteiger partial charge in [-0.1, -0.05) is 13.0 Å². The molecule has 2 fully saturated rings. The summed E-state index contributed by atoms with van der Waals surface area (Å²) in [4.78, 5) is 37.0. The first-order chi connectivity index (χ1) is 9.49. The fraction of sp³-hybridized carbons (Fsp3) is 0.500. The van der Waals surface area contributed by atoms with Gasteiger partial charge in [-0.05, 0) is 19.8 Å². The van der Waals surface area contributed by atoms with Crippen molar-refractivity contribution in [1.82, 2.24) is 10.2 Å². The third-order valence-electron chi connectivity index (χ3n) is 3.79. The molecule has 2 aliphatic rings. The maximum absolute atomic E-state index is 12.4. The zero-order valence-corrected chi connectivity index (χ0v) is 11.7. The van der Waals surface area contributed by atoms with Crippen molar-refractivity contribution in [3.8, 4) is 0 Å². The Morgan fingerprint density at radius 1 is 1.45 bits per heavy atom. The number of hydrogen-bond acceptors (Lipinski definition) is 4. The van der Waals surface area contributed by atoms with Crippen LogP contribution in [0.1, 0.15) is 33.1 Å². The lowest BCUT2D eigenvalue weighted by Gasteiger charge is -2.29. The van der Waals surface area contributed by atoms with Gasteiger partial charge in [0.25, 0.3) is 5.91 Å². The molecular weight excluding hydrogens is 258 g/mol. The number of nitrogens with zero attached hydrogens (tertiary/aromatic N) is 1. The zero-order chi connectivity index (χ0) is 14.9. The smallest absolute Gasteiger partial charge is 0.254 e. The van der Waals surface area contributed by atoms with E-state index in [2.05, 4.69) is 5.32 Å². The fourth-order valence-corrected chi connectivity index (χ4v) is 2.63. The highest BCUT2D eigenvalue weighted by Crippen LogP contribution is 2.29. The van der Waals surface area contributed by atoms with Crippen molar-refractivity contribution >= 4 is 17.7 Å². The van der Waals surface area contributed by atoms with E-state index in [1.807, 2.05) is 6.92 Å². The summed E-state index contributed by atoms with van der Waals surface area (Å²) in [6, 6.07) is -0.586. The number of nitrogens with one attached hydrogen (secondary N) is 1. The third-order valence-corrected chi connectivity index (χ3v) is 3.79. The first-order valence-corrected chi connectivity index (χ1v) is 6.78. The summed E-state index contributed by atoms with van der Waals surface area (Å²) in [5.74, 6) is -0.872. The van der Waals surface area contributed by atoms with Crippen molar-refractivity contribution in [3.63, 3.8) is 0 Å². The number of piperidine rings is 1. The van der Waals surface area contributed by atoms with Gasteiger partial charge in [0.1, 0.15) is 6.04 Å². The van der Waals surface area contributed by atoms with Crippen LogP contribution in [0.2, 0.25) is 0 Å². The molecule has 1 atom stereocenters. The number of allylic oxidation sites excluding steroid dienone is 2. The maximum atomic E-state index is 12.4. The summed E-state index contributed by atoms with van der Waals surface area (Å²) in [5.41, 5.74) is 7.99. The molecule has 0 spiro atoms. The van der Waals surface area contributed by atoms with Gasteiger partial charge in [0.15, 0.2) is 0 Å². The van der Waals surface area contributed by atoms with Gasteiger partial charge < -0.3 is 10.6 Å². The Morgan fingerprint density at radius 2 is 2.15 bits per heavy atom. The molecule has 0 aromatic heterocycles. The van der Waals surface area contributed by atoms with Crippen molar-refractivity contribution in [2.24, 2.45) is 5.73 Å². The van der Waals surface area contributed by atoms with Gasteiger partial charge in [-0.15, -0.1) is 0 Å². The van der Waals surface area contributed by atoms with Crippen LogP contribution in [-0.4, -0.2) is 35.2 Å². The number of rotatable bonds is 2. The lowest BCUT2D eigenvalue weighted by atomic mass is 10.0. The largest absolute Gasteiger partial charge is 0.402 e. The average molecular weight is 277 g/mol. The highest BCUT2D eigenvalue weighted by molar-refractivity contribution is 6.06. The monoisotopic (exact) mass is 277 g/mol. The lowest BCUT2D eigenvalue weighted by molar-refractivity contribution is -0.142. The molecule has 2 aliphatic heterocycles. The van der Waals surface area contributed by atoms with Crippen LogP contribution >= 0.6 is 0 Å². The Balaban J connectivity index is 2.29. The molecule has 1 unspecified atom stereocenters. The second kappa shape index (κ2) is 5.48. The fourth-order valence-electron chi connectivity index (χ4n) is 2.63. The molecular formula is C14H19N3O3. The van der Waals surface area contributed by atoms with Gasteiger partial charge in [-0.2, -0.15) is 0 Å². The van der Waals surface area contributed by atoms with Crippen LogP contribution in [0.15, 0.2) is 22.9 Å². The van der Waals surface area contributed by atoms with Crippen LogP contribution in [0.25, 0.3) is 0 Å². The molecule has 0 bridgehead atoms. The van der Waals surface area contributed by atoms with Crippen molar-refractivity contribution in [1.29, 1.82) is 0 Å². The minimum absolute atomic E-state index is 0.187. The van der Waals surface area contributed by atoms with Crippen molar-refractivity contribution in [2.45, 2.75) is 39.2 Å². The van der Waals surface area contributed by atoms with E-state index < -0.39 is 11.9 Å². The Morgan fingerprint density at radius 3 is 2.70 bits per heavy atom. The van der Waals surface area contributed by atoms with E-state index in [9.17, 15) is 14.4 Å². The molecule has 6 nitrogen and oxygen atoms in total. The minimum Gasteiger partial charge on any atom is -0.402 e. The van der Waals surface area contributed by atoms with E-state index in [0.29, 0.717) is 30.7 Å². The van der Waals surface area contributed by atoms with Gasteiger partial charge >= 0.3 is 0 Å². The molecule has 2 heterocycles. The molecule has 2 rings (SSSR count). The van der Waals surface area contributed by atoms with E-state index in [1.165, 1.54) is 4.90 Å². The molecule has 0 aliphatic carbocycles. The van der Waals surface area contributed by atoms with Gasteiger partial charge in [0, 0.05) is 29.8 Å². The van der Waals surface area contributed by atoms with Crippen molar-refractivity contribution in [3.05, 3.63) is 22.9 Å². The Hall–Kier alpha value is -2.11. The minimum atomic E-state index is -0.586. The van der Waals surface area contributed by atoms with E-state index in [4.69, 9.17) is 5.73 Å². The Labute approximate surface area is 117 Å². The second-order valence-corrected chi connectivity index (χ2v) is 4.96. The maximum Gasteiger partial charge on any atom is 0.254 e. The summed E-state index contributed by atoms with van der Waals surface area (Å²) in [5, 5.41) is 2.28. The summed E-state index contributed by atoms with van der Waals surface area (Å²) < 4.78 is 0. The molecule has 0 radical (unpaired) electrons.